The van der Waals surface area contributed by atoms with Gasteiger partial charge in [0.1, 0.15) is 5.75 Å². The molecule has 0 aliphatic carbocycles. The Morgan fingerprint density at radius 2 is 2.21 bits per heavy atom. The van der Waals surface area contributed by atoms with Crippen LogP contribution in [0.4, 0.5) is 0 Å². The van der Waals surface area contributed by atoms with Crippen LogP contribution in [-0.4, -0.2) is 26.9 Å². The highest BCUT2D eigenvalue weighted by Gasteiger charge is 2.28. The molecule has 0 bridgehead atoms. The molecule has 1 saturated heterocycles. The summed E-state index contributed by atoms with van der Waals surface area (Å²) in [7, 11) is 1.93. The number of benzene rings is 1. The topological polar surface area (TPSA) is 30.5 Å². The van der Waals surface area contributed by atoms with E-state index >= 15 is 0 Å². The van der Waals surface area contributed by atoms with E-state index in [1.165, 1.54) is 0 Å². The van der Waals surface area contributed by atoms with E-state index in [0.29, 0.717) is 28.3 Å². The third-order valence-corrected chi connectivity index (χ3v) is 4.06. The number of nitrogens with one attached hydrogen (secondary N) is 1. The quantitative estimate of drug-likeness (QED) is 0.900. The van der Waals surface area contributed by atoms with Crippen molar-refractivity contribution in [1.29, 1.82) is 0 Å². The van der Waals surface area contributed by atoms with Crippen molar-refractivity contribution in [2.45, 2.75) is 19.4 Å². The fourth-order valence-corrected chi connectivity index (χ4v) is 3.01. The van der Waals surface area contributed by atoms with E-state index in [-0.39, 0.29) is 6.04 Å². The minimum Gasteiger partial charge on any atom is -0.492 e. The second-order valence-electron chi connectivity index (χ2n) is 4.63. The summed E-state index contributed by atoms with van der Waals surface area (Å²) in [6, 6.07) is 3.85. The van der Waals surface area contributed by atoms with Gasteiger partial charge in [-0.25, -0.2) is 0 Å². The van der Waals surface area contributed by atoms with Gasteiger partial charge in [-0.3, -0.25) is 0 Å². The summed E-state index contributed by atoms with van der Waals surface area (Å²) in [4.78, 5) is 0. The Kier molecular flexibility index (Phi) is 5.34. The fourth-order valence-electron chi connectivity index (χ4n) is 2.51. The Morgan fingerprint density at radius 1 is 1.42 bits per heavy atom. The minimum absolute atomic E-state index is 0.156. The molecule has 0 aromatic heterocycles. The lowest BCUT2D eigenvalue weighted by molar-refractivity contribution is 0.178. The van der Waals surface area contributed by atoms with Crippen molar-refractivity contribution in [2.24, 2.45) is 5.92 Å². The first-order valence-electron chi connectivity index (χ1n) is 6.54. The summed E-state index contributed by atoms with van der Waals surface area (Å²) in [6.45, 7) is 4.06. The van der Waals surface area contributed by atoms with Crippen LogP contribution in [0, 0.1) is 5.92 Å². The van der Waals surface area contributed by atoms with Crippen molar-refractivity contribution in [1.82, 2.24) is 5.32 Å². The van der Waals surface area contributed by atoms with Crippen molar-refractivity contribution < 1.29 is 9.47 Å². The van der Waals surface area contributed by atoms with Gasteiger partial charge in [-0.1, -0.05) is 23.2 Å². The smallest absolute Gasteiger partial charge is 0.139 e. The predicted octanol–water partition coefficient (Wildman–Crippen LogP) is 3.69. The van der Waals surface area contributed by atoms with Crippen molar-refractivity contribution in [3.05, 3.63) is 27.7 Å². The van der Waals surface area contributed by atoms with Crippen molar-refractivity contribution in [3.63, 3.8) is 0 Å². The Bertz CT molecular complexity index is 434. The van der Waals surface area contributed by atoms with Crippen LogP contribution in [0.25, 0.3) is 0 Å². The van der Waals surface area contributed by atoms with E-state index in [1.54, 1.807) is 6.07 Å². The molecule has 1 aliphatic heterocycles. The van der Waals surface area contributed by atoms with Crippen LogP contribution in [0.3, 0.4) is 0 Å². The van der Waals surface area contributed by atoms with Crippen LogP contribution >= 0.6 is 23.2 Å². The average Bonchev–Trinajstić information content (AvgIpc) is 2.90. The normalized spacial score (nSPS) is 20.5. The third kappa shape index (κ3) is 3.34. The van der Waals surface area contributed by atoms with Gasteiger partial charge in [0, 0.05) is 29.7 Å². The number of rotatable bonds is 5. The van der Waals surface area contributed by atoms with E-state index in [2.05, 4.69) is 5.32 Å². The molecule has 0 amide bonds. The van der Waals surface area contributed by atoms with Gasteiger partial charge in [0.05, 0.1) is 18.2 Å². The molecule has 1 aromatic carbocycles. The lowest BCUT2D eigenvalue weighted by Crippen LogP contribution is -2.25. The van der Waals surface area contributed by atoms with E-state index in [9.17, 15) is 0 Å². The second-order valence-corrected chi connectivity index (χ2v) is 5.44. The zero-order valence-electron chi connectivity index (χ0n) is 11.2. The maximum atomic E-state index is 6.37. The highest BCUT2D eigenvalue weighted by molar-refractivity contribution is 6.34. The van der Waals surface area contributed by atoms with E-state index < -0.39 is 0 Å². The molecule has 1 aliphatic rings. The Balaban J connectivity index is 2.29. The molecular weight excluding hydrogens is 285 g/mol. The van der Waals surface area contributed by atoms with Gasteiger partial charge in [-0.15, -0.1) is 0 Å². The molecule has 1 aromatic rings. The third-order valence-electron chi connectivity index (χ3n) is 3.43. The molecule has 2 atom stereocenters. The number of halogens is 2. The number of hydrogen-bond acceptors (Lipinski definition) is 3. The van der Waals surface area contributed by atoms with Crippen LogP contribution in [0.2, 0.25) is 10.0 Å². The highest BCUT2D eigenvalue weighted by atomic mass is 35.5. The lowest BCUT2D eigenvalue weighted by Gasteiger charge is -2.24. The molecule has 19 heavy (non-hydrogen) atoms. The molecule has 1 fully saturated rings. The summed E-state index contributed by atoms with van der Waals surface area (Å²) in [6.07, 6.45) is 1.03. The first-order valence-corrected chi connectivity index (χ1v) is 7.29. The van der Waals surface area contributed by atoms with Crippen LogP contribution in [-0.2, 0) is 4.74 Å². The van der Waals surface area contributed by atoms with Gasteiger partial charge in [-0.2, -0.15) is 0 Å². The maximum Gasteiger partial charge on any atom is 0.139 e. The minimum atomic E-state index is 0.156. The highest BCUT2D eigenvalue weighted by Crippen LogP contribution is 2.38. The molecule has 0 spiro atoms. The summed E-state index contributed by atoms with van der Waals surface area (Å²) in [5.74, 6) is 1.06. The molecular formula is C14H19Cl2NO2. The van der Waals surface area contributed by atoms with E-state index in [1.807, 2.05) is 20.0 Å². The predicted molar refractivity (Wildman–Crippen MR) is 78.4 cm³/mol. The van der Waals surface area contributed by atoms with Gasteiger partial charge >= 0.3 is 0 Å². The molecule has 106 valence electrons. The first kappa shape index (κ1) is 14.9. The van der Waals surface area contributed by atoms with Crippen molar-refractivity contribution in [3.8, 4) is 5.75 Å². The van der Waals surface area contributed by atoms with E-state index in [4.69, 9.17) is 32.7 Å². The van der Waals surface area contributed by atoms with Crippen LogP contribution < -0.4 is 10.1 Å². The van der Waals surface area contributed by atoms with Gasteiger partial charge in [0.15, 0.2) is 0 Å². The van der Waals surface area contributed by atoms with Crippen LogP contribution in [0.15, 0.2) is 12.1 Å². The van der Waals surface area contributed by atoms with Gasteiger partial charge < -0.3 is 14.8 Å². The summed E-state index contributed by atoms with van der Waals surface area (Å²) < 4.78 is 10.9. The molecule has 2 unspecified atom stereocenters. The Labute approximate surface area is 124 Å². The van der Waals surface area contributed by atoms with Crippen LogP contribution in [0.5, 0.6) is 5.75 Å². The largest absolute Gasteiger partial charge is 0.492 e. The molecule has 1 N–H and O–H groups in total. The zero-order chi connectivity index (χ0) is 13.8. The van der Waals surface area contributed by atoms with Gasteiger partial charge in [0.2, 0.25) is 0 Å². The maximum absolute atomic E-state index is 6.37. The second kappa shape index (κ2) is 6.80. The van der Waals surface area contributed by atoms with Crippen LogP contribution in [0.1, 0.15) is 24.9 Å². The molecule has 5 heteroatoms. The van der Waals surface area contributed by atoms with Crippen molar-refractivity contribution >= 4 is 23.2 Å². The molecule has 1 heterocycles. The molecule has 0 saturated carbocycles. The number of ether oxygens (including phenoxy) is 2. The monoisotopic (exact) mass is 303 g/mol. The number of hydrogen-bond donors (Lipinski definition) is 1. The average molecular weight is 304 g/mol. The van der Waals surface area contributed by atoms with Gasteiger partial charge in [-0.05, 0) is 32.0 Å². The standard InChI is InChI=1S/C14H19Cl2NO2/c1-3-19-13-7-11(15)10(6-12(13)16)14(17-2)9-4-5-18-8-9/h6-7,9,14,17H,3-5,8H2,1-2H3. The lowest BCUT2D eigenvalue weighted by atomic mass is 9.92. The van der Waals surface area contributed by atoms with E-state index in [0.717, 1.165) is 25.2 Å². The summed E-state index contributed by atoms with van der Waals surface area (Å²) in [5.41, 5.74) is 1.01. The molecule has 3 nitrogen and oxygen atoms in total. The Hall–Kier alpha value is -0.480. The fraction of sp³-hybridized carbons (Fsp3) is 0.571. The molecule has 2 rings (SSSR count). The van der Waals surface area contributed by atoms with Crippen molar-refractivity contribution in [2.75, 3.05) is 26.9 Å². The zero-order valence-corrected chi connectivity index (χ0v) is 12.7. The SMILES string of the molecule is CCOc1cc(Cl)c(C(NC)C2CCOC2)cc1Cl. The Morgan fingerprint density at radius 3 is 2.79 bits per heavy atom. The molecule has 0 radical (unpaired) electrons. The summed E-state index contributed by atoms with van der Waals surface area (Å²) in [5, 5.41) is 4.59. The summed E-state index contributed by atoms with van der Waals surface area (Å²) >= 11 is 12.6. The first-order chi connectivity index (χ1) is 9.17. The van der Waals surface area contributed by atoms with Gasteiger partial charge in [0.25, 0.3) is 0 Å².